The minimum atomic E-state index is 0.254. The summed E-state index contributed by atoms with van der Waals surface area (Å²) in [6, 6.07) is 15.4. The van der Waals surface area contributed by atoms with Crippen LogP contribution in [0.3, 0.4) is 0 Å². The molecule has 0 amide bonds. The van der Waals surface area contributed by atoms with E-state index in [4.69, 9.17) is 5.26 Å². The minimum absolute atomic E-state index is 0.254. The zero-order chi connectivity index (χ0) is 13.2. The van der Waals surface area contributed by atoms with Crippen molar-refractivity contribution >= 4 is 5.69 Å². The Labute approximate surface area is 112 Å². The first kappa shape index (κ1) is 11.6. The van der Waals surface area contributed by atoms with Gasteiger partial charge in [0, 0.05) is 5.69 Å². The maximum Gasteiger partial charge on any atom is 0.115 e. The summed E-state index contributed by atoms with van der Waals surface area (Å²) in [4.78, 5) is 0. The summed E-state index contributed by atoms with van der Waals surface area (Å²) in [5.74, 6) is 0.325. The third-order valence-corrected chi connectivity index (χ3v) is 3.54. The van der Waals surface area contributed by atoms with Gasteiger partial charge in [0.1, 0.15) is 5.75 Å². The molecule has 19 heavy (non-hydrogen) atoms. The van der Waals surface area contributed by atoms with Gasteiger partial charge in [-0.1, -0.05) is 12.1 Å². The summed E-state index contributed by atoms with van der Waals surface area (Å²) in [5.41, 5.74) is 4.06. The van der Waals surface area contributed by atoms with Gasteiger partial charge in [0.25, 0.3) is 0 Å². The average molecular weight is 250 g/mol. The van der Waals surface area contributed by atoms with Crippen LogP contribution >= 0.6 is 0 Å². The largest absolute Gasteiger partial charge is 0.508 e. The van der Waals surface area contributed by atoms with Crippen molar-refractivity contribution in [1.82, 2.24) is 0 Å². The molecular weight excluding hydrogens is 236 g/mol. The lowest BCUT2D eigenvalue weighted by Crippen LogP contribution is -2.06. The maximum atomic E-state index is 9.48. The predicted molar refractivity (Wildman–Crippen MR) is 73.9 cm³/mol. The van der Waals surface area contributed by atoms with Crippen LogP contribution in [0.15, 0.2) is 42.5 Å². The minimum Gasteiger partial charge on any atom is -0.508 e. The van der Waals surface area contributed by atoms with E-state index in [0.717, 1.165) is 18.5 Å². The Balaban J connectivity index is 1.85. The average Bonchev–Trinajstić information content (AvgIpc) is 2.81. The molecule has 3 heteroatoms. The Morgan fingerprint density at radius 3 is 2.95 bits per heavy atom. The lowest BCUT2D eigenvalue weighted by molar-refractivity contribution is 0.474. The number of nitrogens with one attached hydrogen (secondary N) is 1. The van der Waals surface area contributed by atoms with Crippen molar-refractivity contribution < 1.29 is 5.11 Å². The number of fused-ring (bicyclic) bond motifs is 1. The number of aromatic hydroxyl groups is 1. The number of benzene rings is 2. The van der Waals surface area contributed by atoms with Crippen LogP contribution in [0.1, 0.15) is 29.2 Å². The molecule has 2 N–H and O–H groups in total. The molecule has 0 aromatic heterocycles. The van der Waals surface area contributed by atoms with E-state index in [9.17, 15) is 5.11 Å². The maximum absolute atomic E-state index is 9.48. The summed E-state index contributed by atoms with van der Waals surface area (Å²) >= 11 is 0. The summed E-state index contributed by atoms with van der Waals surface area (Å²) in [6.45, 7) is 0. The molecule has 3 rings (SSSR count). The number of nitriles is 1. The highest BCUT2D eigenvalue weighted by atomic mass is 16.3. The van der Waals surface area contributed by atoms with E-state index in [0.29, 0.717) is 11.3 Å². The van der Waals surface area contributed by atoms with E-state index in [1.807, 2.05) is 30.3 Å². The summed E-state index contributed by atoms with van der Waals surface area (Å²) in [7, 11) is 0. The standard InChI is InChI=1S/C16H14N2O/c17-10-11-2-1-3-13(8-11)18-16-7-4-12-9-14(19)5-6-15(12)16/h1-3,5-6,8-9,16,18-19H,4,7H2. The molecule has 0 spiro atoms. The zero-order valence-corrected chi connectivity index (χ0v) is 10.4. The van der Waals surface area contributed by atoms with Gasteiger partial charge in [-0.3, -0.25) is 0 Å². The molecule has 1 unspecified atom stereocenters. The molecule has 0 saturated carbocycles. The molecule has 0 fully saturated rings. The van der Waals surface area contributed by atoms with E-state index in [-0.39, 0.29) is 6.04 Å². The van der Waals surface area contributed by atoms with Crippen molar-refractivity contribution in [3.05, 3.63) is 59.2 Å². The van der Waals surface area contributed by atoms with Crippen molar-refractivity contribution in [3.63, 3.8) is 0 Å². The smallest absolute Gasteiger partial charge is 0.115 e. The first-order chi connectivity index (χ1) is 9.26. The number of phenols is 1. The van der Waals surface area contributed by atoms with E-state index in [2.05, 4.69) is 11.4 Å². The number of hydrogen-bond acceptors (Lipinski definition) is 3. The number of phenolic OH excluding ortho intramolecular Hbond substituents is 1. The van der Waals surface area contributed by atoms with Crippen LogP contribution in [0.2, 0.25) is 0 Å². The number of aryl methyl sites for hydroxylation is 1. The topological polar surface area (TPSA) is 56.0 Å². The van der Waals surface area contributed by atoms with Gasteiger partial charge in [-0.2, -0.15) is 5.26 Å². The molecule has 3 nitrogen and oxygen atoms in total. The summed E-state index contributed by atoms with van der Waals surface area (Å²) < 4.78 is 0. The first-order valence-electron chi connectivity index (χ1n) is 6.35. The lowest BCUT2D eigenvalue weighted by atomic mass is 10.1. The SMILES string of the molecule is N#Cc1cccc(NC2CCc3cc(O)ccc32)c1. The van der Waals surface area contributed by atoms with Crippen LogP contribution in [0.5, 0.6) is 5.75 Å². The number of rotatable bonds is 2. The van der Waals surface area contributed by atoms with E-state index >= 15 is 0 Å². The fourth-order valence-electron chi connectivity index (χ4n) is 2.63. The fourth-order valence-corrected chi connectivity index (χ4v) is 2.63. The van der Waals surface area contributed by atoms with E-state index in [1.54, 1.807) is 12.1 Å². The van der Waals surface area contributed by atoms with Gasteiger partial charge in [0.05, 0.1) is 17.7 Å². The number of hydrogen-bond donors (Lipinski definition) is 2. The second kappa shape index (κ2) is 4.66. The van der Waals surface area contributed by atoms with Gasteiger partial charge >= 0.3 is 0 Å². The fraction of sp³-hybridized carbons (Fsp3) is 0.188. The quantitative estimate of drug-likeness (QED) is 0.859. The summed E-state index contributed by atoms with van der Waals surface area (Å²) in [5, 5.41) is 21.8. The van der Waals surface area contributed by atoms with Gasteiger partial charge < -0.3 is 10.4 Å². The normalized spacial score (nSPS) is 16.7. The van der Waals surface area contributed by atoms with Gasteiger partial charge in [-0.05, 0) is 54.3 Å². The van der Waals surface area contributed by atoms with Crippen molar-refractivity contribution in [2.45, 2.75) is 18.9 Å². The van der Waals surface area contributed by atoms with Gasteiger partial charge in [-0.15, -0.1) is 0 Å². The molecule has 1 aliphatic rings. The molecule has 1 atom stereocenters. The van der Waals surface area contributed by atoms with Gasteiger partial charge in [0.15, 0.2) is 0 Å². The molecule has 0 heterocycles. The second-order valence-electron chi connectivity index (χ2n) is 4.81. The van der Waals surface area contributed by atoms with Gasteiger partial charge in [0.2, 0.25) is 0 Å². The van der Waals surface area contributed by atoms with Crippen LogP contribution < -0.4 is 5.32 Å². The van der Waals surface area contributed by atoms with Crippen molar-refractivity contribution in [2.24, 2.45) is 0 Å². The van der Waals surface area contributed by atoms with E-state index in [1.165, 1.54) is 11.1 Å². The molecular formula is C16H14N2O. The van der Waals surface area contributed by atoms with Crippen molar-refractivity contribution in [3.8, 4) is 11.8 Å². The molecule has 0 aliphatic heterocycles. The zero-order valence-electron chi connectivity index (χ0n) is 10.4. The molecule has 2 aromatic rings. The van der Waals surface area contributed by atoms with E-state index < -0.39 is 0 Å². The molecule has 0 saturated heterocycles. The highest BCUT2D eigenvalue weighted by Crippen LogP contribution is 2.35. The molecule has 94 valence electrons. The Kier molecular flexibility index (Phi) is 2.85. The highest BCUT2D eigenvalue weighted by molar-refractivity contribution is 5.52. The Bertz CT molecular complexity index is 658. The molecule has 2 aromatic carbocycles. The van der Waals surface area contributed by atoms with Gasteiger partial charge in [-0.25, -0.2) is 0 Å². The first-order valence-corrected chi connectivity index (χ1v) is 6.35. The Hall–Kier alpha value is -2.47. The van der Waals surface area contributed by atoms with Crippen molar-refractivity contribution in [2.75, 3.05) is 5.32 Å². The van der Waals surface area contributed by atoms with Crippen LogP contribution in [-0.4, -0.2) is 5.11 Å². The Morgan fingerprint density at radius 1 is 1.21 bits per heavy atom. The molecule has 0 bridgehead atoms. The third kappa shape index (κ3) is 2.25. The Morgan fingerprint density at radius 2 is 2.11 bits per heavy atom. The van der Waals surface area contributed by atoms with Crippen molar-refractivity contribution in [1.29, 1.82) is 5.26 Å². The molecule has 0 radical (unpaired) electrons. The third-order valence-electron chi connectivity index (χ3n) is 3.54. The summed E-state index contributed by atoms with van der Waals surface area (Å²) in [6.07, 6.45) is 1.98. The highest BCUT2D eigenvalue weighted by Gasteiger charge is 2.22. The number of anilines is 1. The van der Waals surface area contributed by atoms with Crippen LogP contribution in [0, 0.1) is 11.3 Å². The second-order valence-corrected chi connectivity index (χ2v) is 4.81. The molecule has 1 aliphatic carbocycles. The number of nitrogens with zero attached hydrogens (tertiary/aromatic N) is 1. The van der Waals surface area contributed by atoms with Crippen LogP contribution in [-0.2, 0) is 6.42 Å². The lowest BCUT2D eigenvalue weighted by Gasteiger charge is -2.15. The van der Waals surface area contributed by atoms with Crippen LogP contribution in [0.25, 0.3) is 0 Å². The predicted octanol–water partition coefficient (Wildman–Crippen LogP) is 3.36. The monoisotopic (exact) mass is 250 g/mol. The van der Waals surface area contributed by atoms with Crippen LogP contribution in [0.4, 0.5) is 5.69 Å².